The summed E-state index contributed by atoms with van der Waals surface area (Å²) >= 11 is 0. The smallest absolute Gasteiger partial charge is 0.274 e. The molecule has 0 spiro atoms. The van der Waals surface area contributed by atoms with E-state index >= 15 is 0 Å². The Bertz CT molecular complexity index is 734. The topological polar surface area (TPSA) is 84.7 Å². The number of carbonyl (C=O) groups is 1. The lowest BCUT2D eigenvalue weighted by Crippen LogP contribution is -2.33. The van der Waals surface area contributed by atoms with Crippen molar-refractivity contribution in [3.8, 4) is 5.75 Å². The third-order valence-corrected chi connectivity index (χ3v) is 3.67. The molecule has 0 heterocycles. The molecule has 0 aliphatic rings. The highest BCUT2D eigenvalue weighted by molar-refractivity contribution is 5.93. The molecule has 0 saturated carbocycles. The van der Waals surface area contributed by atoms with Crippen molar-refractivity contribution in [2.45, 2.75) is 6.92 Å². The van der Waals surface area contributed by atoms with Gasteiger partial charge in [0.2, 0.25) is 5.91 Å². The first-order chi connectivity index (χ1) is 12.0. The van der Waals surface area contributed by atoms with Crippen LogP contribution in [0.1, 0.15) is 5.56 Å². The van der Waals surface area contributed by atoms with Crippen LogP contribution in [0.5, 0.6) is 5.75 Å². The lowest BCUT2D eigenvalue weighted by Gasteiger charge is -2.17. The maximum atomic E-state index is 12.1. The lowest BCUT2D eigenvalue weighted by molar-refractivity contribution is -0.385. The number of benzene rings is 2. The second kappa shape index (κ2) is 8.79. The van der Waals surface area contributed by atoms with Gasteiger partial charge in [0.15, 0.2) is 0 Å². The summed E-state index contributed by atoms with van der Waals surface area (Å²) in [6.45, 7) is 2.82. The average molecular weight is 343 g/mol. The molecule has 0 radical (unpaired) electrons. The van der Waals surface area contributed by atoms with Gasteiger partial charge in [0.1, 0.15) is 12.4 Å². The van der Waals surface area contributed by atoms with Gasteiger partial charge in [-0.2, -0.15) is 0 Å². The zero-order chi connectivity index (χ0) is 18.2. The Morgan fingerprint density at radius 3 is 2.60 bits per heavy atom. The molecule has 0 aliphatic heterocycles. The Kier molecular flexibility index (Phi) is 6.47. The van der Waals surface area contributed by atoms with E-state index in [9.17, 15) is 14.9 Å². The number of para-hydroxylation sites is 1. The van der Waals surface area contributed by atoms with E-state index in [1.54, 1.807) is 19.1 Å². The van der Waals surface area contributed by atoms with Crippen molar-refractivity contribution in [3.05, 3.63) is 64.2 Å². The first kappa shape index (κ1) is 18.4. The molecule has 2 rings (SSSR count). The predicted octanol–water partition coefficient (Wildman–Crippen LogP) is 2.85. The van der Waals surface area contributed by atoms with Gasteiger partial charge in [-0.05, 0) is 32.2 Å². The van der Waals surface area contributed by atoms with E-state index in [0.717, 1.165) is 5.75 Å². The van der Waals surface area contributed by atoms with E-state index in [1.165, 1.54) is 6.07 Å². The zero-order valence-electron chi connectivity index (χ0n) is 14.3. The number of ether oxygens (including phenoxy) is 1. The van der Waals surface area contributed by atoms with Gasteiger partial charge in [-0.3, -0.25) is 19.8 Å². The molecular formula is C18H21N3O4. The second-order valence-electron chi connectivity index (χ2n) is 5.65. The number of nitrogens with zero attached hydrogens (tertiary/aromatic N) is 2. The van der Waals surface area contributed by atoms with Crippen LogP contribution in [0.15, 0.2) is 48.5 Å². The van der Waals surface area contributed by atoms with Crippen molar-refractivity contribution in [2.75, 3.05) is 32.1 Å². The Balaban J connectivity index is 1.81. The molecule has 25 heavy (non-hydrogen) atoms. The molecule has 132 valence electrons. The third-order valence-electron chi connectivity index (χ3n) is 3.67. The zero-order valence-corrected chi connectivity index (χ0v) is 14.3. The normalized spacial score (nSPS) is 10.5. The average Bonchev–Trinajstić information content (AvgIpc) is 2.57. The molecule has 0 bridgehead atoms. The highest BCUT2D eigenvalue weighted by Gasteiger charge is 2.15. The van der Waals surface area contributed by atoms with Gasteiger partial charge < -0.3 is 10.1 Å². The molecule has 0 atom stereocenters. The lowest BCUT2D eigenvalue weighted by atomic mass is 10.1. The van der Waals surface area contributed by atoms with E-state index in [1.807, 2.05) is 42.3 Å². The quantitative estimate of drug-likeness (QED) is 0.588. The van der Waals surface area contributed by atoms with Crippen LogP contribution < -0.4 is 10.1 Å². The van der Waals surface area contributed by atoms with Gasteiger partial charge in [0.25, 0.3) is 5.69 Å². The fourth-order valence-electron chi connectivity index (χ4n) is 2.31. The van der Waals surface area contributed by atoms with Crippen LogP contribution in [0, 0.1) is 17.0 Å². The summed E-state index contributed by atoms with van der Waals surface area (Å²) in [5.74, 6) is 0.554. The van der Waals surface area contributed by atoms with E-state index in [2.05, 4.69) is 5.32 Å². The van der Waals surface area contributed by atoms with Crippen LogP contribution in [0.25, 0.3) is 0 Å². The number of nitro groups is 1. The highest BCUT2D eigenvalue weighted by atomic mass is 16.6. The molecule has 1 N–H and O–H groups in total. The number of hydrogen-bond acceptors (Lipinski definition) is 5. The number of nitro benzene ring substituents is 1. The van der Waals surface area contributed by atoms with Gasteiger partial charge in [-0.1, -0.05) is 24.3 Å². The third kappa shape index (κ3) is 5.58. The number of hydrogen-bond donors (Lipinski definition) is 1. The Hall–Kier alpha value is -2.93. The number of amides is 1. The number of nitrogens with one attached hydrogen (secondary N) is 1. The number of carbonyl (C=O) groups excluding carboxylic acids is 1. The van der Waals surface area contributed by atoms with Crippen LogP contribution in [0.4, 0.5) is 11.4 Å². The minimum Gasteiger partial charge on any atom is -0.492 e. The first-order valence-corrected chi connectivity index (χ1v) is 7.87. The van der Waals surface area contributed by atoms with Crippen LogP contribution in [0.3, 0.4) is 0 Å². The van der Waals surface area contributed by atoms with Gasteiger partial charge in [0, 0.05) is 12.6 Å². The molecule has 2 aromatic carbocycles. The second-order valence-corrected chi connectivity index (χ2v) is 5.65. The number of rotatable bonds is 8. The van der Waals surface area contributed by atoms with Gasteiger partial charge in [0.05, 0.1) is 22.7 Å². The summed E-state index contributed by atoms with van der Waals surface area (Å²) in [4.78, 5) is 24.4. The molecule has 7 heteroatoms. The van der Waals surface area contributed by atoms with Crippen LogP contribution in [-0.2, 0) is 4.79 Å². The van der Waals surface area contributed by atoms with Gasteiger partial charge in [-0.15, -0.1) is 0 Å². The standard InChI is InChI=1S/C18H21N3O4/c1-14-16(9-6-10-17(14)21(23)24)19-18(22)13-20(2)11-12-25-15-7-4-3-5-8-15/h3-10H,11-13H2,1-2H3,(H,19,22). The maximum absolute atomic E-state index is 12.1. The minimum atomic E-state index is -0.460. The van der Waals surface area contributed by atoms with Crippen molar-refractivity contribution >= 4 is 17.3 Å². The summed E-state index contributed by atoms with van der Waals surface area (Å²) in [5.41, 5.74) is 0.881. The SMILES string of the molecule is Cc1c(NC(=O)CN(C)CCOc2ccccc2)cccc1[N+](=O)[O-]. The van der Waals surface area contributed by atoms with Crippen molar-refractivity contribution < 1.29 is 14.5 Å². The molecule has 0 aliphatic carbocycles. The monoisotopic (exact) mass is 343 g/mol. The van der Waals surface area contributed by atoms with Crippen LogP contribution in [0.2, 0.25) is 0 Å². The number of anilines is 1. The van der Waals surface area contributed by atoms with Crippen molar-refractivity contribution in [2.24, 2.45) is 0 Å². The number of likely N-dealkylation sites (N-methyl/N-ethyl adjacent to an activating group) is 1. The Morgan fingerprint density at radius 1 is 1.20 bits per heavy atom. The molecule has 1 amide bonds. The van der Waals surface area contributed by atoms with Crippen LogP contribution in [-0.4, -0.2) is 42.5 Å². The Labute approximate surface area is 146 Å². The summed E-state index contributed by atoms with van der Waals surface area (Å²) in [7, 11) is 1.81. The molecule has 2 aromatic rings. The summed E-state index contributed by atoms with van der Waals surface area (Å²) < 4.78 is 5.59. The Morgan fingerprint density at radius 2 is 1.92 bits per heavy atom. The highest BCUT2D eigenvalue weighted by Crippen LogP contribution is 2.24. The van der Waals surface area contributed by atoms with Gasteiger partial charge >= 0.3 is 0 Å². The molecule has 7 nitrogen and oxygen atoms in total. The van der Waals surface area contributed by atoms with Crippen LogP contribution >= 0.6 is 0 Å². The molecular weight excluding hydrogens is 322 g/mol. The van der Waals surface area contributed by atoms with E-state index in [4.69, 9.17) is 4.74 Å². The molecule has 0 unspecified atom stereocenters. The fourth-order valence-corrected chi connectivity index (χ4v) is 2.31. The maximum Gasteiger partial charge on any atom is 0.274 e. The fraction of sp³-hybridized carbons (Fsp3) is 0.278. The van der Waals surface area contributed by atoms with Crippen molar-refractivity contribution in [1.29, 1.82) is 0 Å². The summed E-state index contributed by atoms with van der Waals surface area (Å²) in [5, 5.41) is 13.7. The molecule has 0 fully saturated rings. The van der Waals surface area contributed by atoms with Crippen molar-refractivity contribution in [3.63, 3.8) is 0 Å². The minimum absolute atomic E-state index is 0.0117. The predicted molar refractivity (Wildman–Crippen MR) is 95.9 cm³/mol. The van der Waals surface area contributed by atoms with E-state index < -0.39 is 4.92 Å². The van der Waals surface area contributed by atoms with E-state index in [0.29, 0.717) is 24.4 Å². The summed E-state index contributed by atoms with van der Waals surface area (Å²) in [6, 6.07) is 14.1. The van der Waals surface area contributed by atoms with E-state index in [-0.39, 0.29) is 18.1 Å². The molecule has 0 aromatic heterocycles. The van der Waals surface area contributed by atoms with Gasteiger partial charge in [-0.25, -0.2) is 0 Å². The van der Waals surface area contributed by atoms with Crippen molar-refractivity contribution in [1.82, 2.24) is 4.90 Å². The largest absolute Gasteiger partial charge is 0.492 e. The summed E-state index contributed by atoms with van der Waals surface area (Å²) in [6.07, 6.45) is 0. The first-order valence-electron chi connectivity index (χ1n) is 7.87. The molecule has 0 saturated heterocycles.